The first-order valence-electron chi connectivity index (χ1n) is 7.47. The summed E-state index contributed by atoms with van der Waals surface area (Å²) in [7, 11) is 0. The standard InChI is InChI=1S/C18H19ClN2O/c1-13-6-7-16(10-17(13)19)20-18(22)12-21-9-8-14-4-2-3-5-15(14)11-21/h2-7,10H,8-9,11-12H2,1H3,(H,20,22). The van der Waals surface area contributed by atoms with E-state index in [1.807, 2.05) is 19.1 Å². The maximum atomic E-state index is 12.2. The molecule has 1 aliphatic heterocycles. The fourth-order valence-electron chi connectivity index (χ4n) is 2.76. The van der Waals surface area contributed by atoms with E-state index in [9.17, 15) is 4.79 Å². The Morgan fingerprint density at radius 2 is 2.00 bits per heavy atom. The van der Waals surface area contributed by atoms with Crippen LogP contribution in [0, 0.1) is 6.92 Å². The molecule has 0 bridgehead atoms. The van der Waals surface area contributed by atoms with Crippen LogP contribution in [0.25, 0.3) is 0 Å². The van der Waals surface area contributed by atoms with Gasteiger partial charge in [-0.05, 0) is 42.2 Å². The van der Waals surface area contributed by atoms with Gasteiger partial charge in [-0.1, -0.05) is 41.9 Å². The number of aryl methyl sites for hydroxylation is 1. The molecular weight excluding hydrogens is 296 g/mol. The lowest BCUT2D eigenvalue weighted by atomic mass is 10.00. The average Bonchev–Trinajstić information content (AvgIpc) is 2.51. The molecule has 0 aromatic heterocycles. The van der Waals surface area contributed by atoms with Crippen LogP contribution in [0.5, 0.6) is 0 Å². The second kappa shape index (κ2) is 6.51. The van der Waals surface area contributed by atoms with Crippen LogP contribution in [-0.4, -0.2) is 23.9 Å². The highest BCUT2D eigenvalue weighted by atomic mass is 35.5. The van der Waals surface area contributed by atoms with Crippen LogP contribution in [0.3, 0.4) is 0 Å². The molecule has 4 heteroatoms. The van der Waals surface area contributed by atoms with Gasteiger partial charge in [-0.15, -0.1) is 0 Å². The van der Waals surface area contributed by atoms with Gasteiger partial charge in [0, 0.05) is 23.8 Å². The van der Waals surface area contributed by atoms with E-state index in [1.165, 1.54) is 11.1 Å². The molecule has 2 aromatic rings. The van der Waals surface area contributed by atoms with E-state index in [0.717, 1.165) is 30.8 Å². The molecule has 0 saturated carbocycles. The average molecular weight is 315 g/mol. The number of hydrogen-bond donors (Lipinski definition) is 1. The highest BCUT2D eigenvalue weighted by Crippen LogP contribution is 2.21. The highest BCUT2D eigenvalue weighted by molar-refractivity contribution is 6.31. The number of halogens is 1. The Labute approximate surface area is 135 Å². The van der Waals surface area contributed by atoms with Gasteiger partial charge >= 0.3 is 0 Å². The summed E-state index contributed by atoms with van der Waals surface area (Å²) in [6.07, 6.45) is 1.000. The number of rotatable bonds is 3. The van der Waals surface area contributed by atoms with Crippen molar-refractivity contribution in [2.75, 3.05) is 18.4 Å². The van der Waals surface area contributed by atoms with Gasteiger partial charge in [0.05, 0.1) is 6.54 Å². The smallest absolute Gasteiger partial charge is 0.238 e. The van der Waals surface area contributed by atoms with Gasteiger partial charge < -0.3 is 5.32 Å². The van der Waals surface area contributed by atoms with Crippen molar-refractivity contribution in [2.24, 2.45) is 0 Å². The topological polar surface area (TPSA) is 32.3 Å². The van der Waals surface area contributed by atoms with E-state index >= 15 is 0 Å². The first-order valence-corrected chi connectivity index (χ1v) is 7.85. The Bertz CT molecular complexity index is 699. The third-order valence-electron chi connectivity index (χ3n) is 4.03. The number of carbonyl (C=O) groups excluding carboxylic acids is 1. The Kier molecular flexibility index (Phi) is 4.46. The van der Waals surface area contributed by atoms with E-state index in [0.29, 0.717) is 11.6 Å². The molecule has 0 unspecified atom stereocenters. The van der Waals surface area contributed by atoms with Crippen molar-refractivity contribution in [1.82, 2.24) is 4.90 Å². The van der Waals surface area contributed by atoms with E-state index in [4.69, 9.17) is 11.6 Å². The molecule has 0 aliphatic carbocycles. The summed E-state index contributed by atoms with van der Waals surface area (Å²) in [5.41, 5.74) is 4.47. The van der Waals surface area contributed by atoms with Crippen molar-refractivity contribution >= 4 is 23.2 Å². The minimum absolute atomic E-state index is 0.000647. The molecule has 0 spiro atoms. The quantitative estimate of drug-likeness (QED) is 0.938. The van der Waals surface area contributed by atoms with Crippen LogP contribution in [0.1, 0.15) is 16.7 Å². The van der Waals surface area contributed by atoms with Gasteiger partial charge in [-0.25, -0.2) is 0 Å². The fourth-order valence-corrected chi connectivity index (χ4v) is 2.94. The normalized spacial score (nSPS) is 14.5. The van der Waals surface area contributed by atoms with Crippen molar-refractivity contribution < 1.29 is 4.79 Å². The number of nitrogens with zero attached hydrogens (tertiary/aromatic N) is 1. The molecule has 0 radical (unpaired) electrons. The van der Waals surface area contributed by atoms with Gasteiger partial charge in [-0.2, -0.15) is 0 Å². The summed E-state index contributed by atoms with van der Waals surface area (Å²) in [4.78, 5) is 14.4. The third kappa shape index (κ3) is 3.49. The minimum Gasteiger partial charge on any atom is -0.325 e. The summed E-state index contributed by atoms with van der Waals surface area (Å²) in [5, 5.41) is 3.59. The Hall–Kier alpha value is -1.84. The van der Waals surface area contributed by atoms with Crippen LogP contribution < -0.4 is 5.32 Å². The van der Waals surface area contributed by atoms with Crippen molar-refractivity contribution in [1.29, 1.82) is 0 Å². The SMILES string of the molecule is Cc1ccc(NC(=O)CN2CCc3ccccc3C2)cc1Cl. The third-order valence-corrected chi connectivity index (χ3v) is 4.44. The van der Waals surface area contributed by atoms with Crippen LogP contribution in [0.15, 0.2) is 42.5 Å². The summed E-state index contributed by atoms with van der Waals surface area (Å²) >= 11 is 6.08. The second-order valence-electron chi connectivity index (χ2n) is 5.74. The zero-order valence-electron chi connectivity index (χ0n) is 12.6. The molecule has 1 heterocycles. The van der Waals surface area contributed by atoms with Crippen LogP contribution >= 0.6 is 11.6 Å². The van der Waals surface area contributed by atoms with Crippen LogP contribution in [-0.2, 0) is 17.8 Å². The molecule has 3 nitrogen and oxygen atoms in total. The van der Waals surface area contributed by atoms with E-state index < -0.39 is 0 Å². The summed E-state index contributed by atoms with van der Waals surface area (Å²) in [6.45, 7) is 4.09. The van der Waals surface area contributed by atoms with Crippen LogP contribution in [0.2, 0.25) is 5.02 Å². The predicted octanol–water partition coefficient (Wildman–Crippen LogP) is 3.65. The molecule has 22 heavy (non-hydrogen) atoms. The van der Waals surface area contributed by atoms with Gasteiger partial charge in [0.1, 0.15) is 0 Å². The number of hydrogen-bond acceptors (Lipinski definition) is 2. The maximum absolute atomic E-state index is 12.2. The highest BCUT2D eigenvalue weighted by Gasteiger charge is 2.18. The van der Waals surface area contributed by atoms with Gasteiger partial charge in [-0.3, -0.25) is 9.69 Å². The molecule has 3 rings (SSSR count). The minimum atomic E-state index is -0.000647. The van der Waals surface area contributed by atoms with Crippen molar-refractivity contribution in [3.8, 4) is 0 Å². The summed E-state index contributed by atoms with van der Waals surface area (Å²) in [5.74, 6) is -0.000647. The molecule has 1 aliphatic rings. The molecular formula is C18H19ClN2O. The van der Waals surface area contributed by atoms with Crippen molar-refractivity contribution in [2.45, 2.75) is 19.9 Å². The lowest BCUT2D eigenvalue weighted by Crippen LogP contribution is -2.37. The zero-order valence-corrected chi connectivity index (χ0v) is 13.4. The van der Waals surface area contributed by atoms with Gasteiger partial charge in [0.15, 0.2) is 0 Å². The molecule has 1 N–H and O–H groups in total. The lowest BCUT2D eigenvalue weighted by molar-refractivity contribution is -0.117. The summed E-state index contributed by atoms with van der Waals surface area (Å²) < 4.78 is 0. The Morgan fingerprint density at radius 1 is 1.23 bits per heavy atom. The van der Waals surface area contributed by atoms with E-state index in [-0.39, 0.29) is 5.91 Å². The largest absolute Gasteiger partial charge is 0.325 e. The number of amides is 1. The first kappa shape index (κ1) is 15.1. The monoisotopic (exact) mass is 314 g/mol. The predicted molar refractivity (Wildman–Crippen MR) is 90.2 cm³/mol. The molecule has 114 valence electrons. The maximum Gasteiger partial charge on any atom is 0.238 e. The molecule has 0 saturated heterocycles. The molecule has 0 atom stereocenters. The number of fused-ring (bicyclic) bond motifs is 1. The van der Waals surface area contributed by atoms with Gasteiger partial charge in [0.2, 0.25) is 5.91 Å². The number of anilines is 1. The number of carbonyl (C=O) groups is 1. The Balaban J connectivity index is 1.59. The van der Waals surface area contributed by atoms with Crippen LogP contribution in [0.4, 0.5) is 5.69 Å². The Morgan fingerprint density at radius 3 is 2.77 bits per heavy atom. The van der Waals surface area contributed by atoms with Gasteiger partial charge in [0.25, 0.3) is 0 Å². The zero-order chi connectivity index (χ0) is 15.5. The first-order chi connectivity index (χ1) is 10.6. The number of benzene rings is 2. The summed E-state index contributed by atoms with van der Waals surface area (Å²) in [6, 6.07) is 14.0. The van der Waals surface area contributed by atoms with Crippen molar-refractivity contribution in [3.63, 3.8) is 0 Å². The molecule has 0 fully saturated rings. The van der Waals surface area contributed by atoms with E-state index in [1.54, 1.807) is 6.07 Å². The number of nitrogens with one attached hydrogen (secondary N) is 1. The molecule has 1 amide bonds. The molecule has 2 aromatic carbocycles. The fraction of sp³-hybridized carbons (Fsp3) is 0.278. The lowest BCUT2D eigenvalue weighted by Gasteiger charge is -2.28. The second-order valence-corrected chi connectivity index (χ2v) is 6.15. The van der Waals surface area contributed by atoms with E-state index in [2.05, 4.69) is 34.5 Å². The van der Waals surface area contributed by atoms with Crippen molar-refractivity contribution in [3.05, 3.63) is 64.2 Å².